The van der Waals surface area contributed by atoms with Crippen molar-refractivity contribution < 1.29 is 19.3 Å². The summed E-state index contributed by atoms with van der Waals surface area (Å²) in [5.41, 5.74) is 14.9. The number of nitrogens with two attached hydrogens (primary N) is 2. The number of nitrogen functional groups attached to an aromatic ring is 1. The summed E-state index contributed by atoms with van der Waals surface area (Å²) in [5.74, 6) is -0.736. The van der Waals surface area contributed by atoms with Gasteiger partial charge in [0, 0.05) is 54.9 Å². The maximum atomic E-state index is 14.2. The molecular weight excluding hydrogens is 570 g/mol. The lowest BCUT2D eigenvalue weighted by Gasteiger charge is -2.33. The second-order valence-electron chi connectivity index (χ2n) is 11.1. The largest absolute Gasteiger partial charge is 0.399 e. The molecule has 1 aliphatic rings. The predicted molar refractivity (Wildman–Crippen MR) is 176 cm³/mol. The number of carbonyl (C=O) groups excluding carboxylic acids is 3. The van der Waals surface area contributed by atoms with Crippen molar-refractivity contribution in [2.45, 2.75) is 44.6 Å². The van der Waals surface area contributed by atoms with E-state index >= 15 is 0 Å². The van der Waals surface area contributed by atoms with E-state index in [1.54, 1.807) is 53.5 Å². The van der Waals surface area contributed by atoms with Gasteiger partial charge in [-0.1, -0.05) is 55.3 Å². The van der Waals surface area contributed by atoms with Crippen molar-refractivity contribution in [1.82, 2.24) is 10.2 Å². The summed E-state index contributed by atoms with van der Waals surface area (Å²) in [6, 6.07) is 21.6. The molecule has 0 aliphatic carbocycles. The van der Waals surface area contributed by atoms with Gasteiger partial charge in [0.05, 0.1) is 4.92 Å². The second kappa shape index (κ2) is 16.1. The fraction of sp³-hybridized carbons (Fsp3) is 0.286. The molecule has 1 heterocycles. The summed E-state index contributed by atoms with van der Waals surface area (Å²) in [6.07, 6.45) is 7.42. The SMILES string of the molecule is NCCCCCCC(=O)N[C@@H](Cc1ccccc1)C(=O)N1C/C(=C\c2ccc(N)cc2)C(=O)/C(=C/c2ccc([N+](=O)[O-])cc2)C1. The molecular formula is C35H39N5O5. The van der Waals surface area contributed by atoms with E-state index in [-0.39, 0.29) is 36.4 Å². The van der Waals surface area contributed by atoms with E-state index in [1.165, 1.54) is 12.1 Å². The third-order valence-corrected chi connectivity index (χ3v) is 7.61. The Hall–Kier alpha value is -5.09. The maximum absolute atomic E-state index is 14.2. The lowest BCUT2D eigenvalue weighted by Crippen LogP contribution is -2.52. The number of rotatable bonds is 13. The van der Waals surface area contributed by atoms with Crippen LogP contribution in [0.4, 0.5) is 11.4 Å². The van der Waals surface area contributed by atoms with Crippen LogP contribution >= 0.6 is 0 Å². The van der Waals surface area contributed by atoms with Crippen LogP contribution in [-0.4, -0.2) is 53.1 Å². The number of piperidine rings is 1. The molecule has 0 unspecified atom stereocenters. The standard InChI is InChI=1S/C35H39N5O5/c36-19-7-2-1-6-10-33(41)38-32(22-25-8-4-3-5-9-25)35(43)39-23-28(20-26-11-15-30(37)16-12-26)34(42)29(24-39)21-27-13-17-31(18-14-27)40(44)45/h3-5,8-9,11-18,20-21,32H,1-2,6-7,10,19,22-24,36-37H2,(H,38,41)/b28-20+,29-21+/t32-/m0/s1. The number of Topliss-reactive ketones (excluding diaryl/α,β-unsaturated/α-hetero) is 1. The molecule has 1 saturated heterocycles. The van der Waals surface area contributed by atoms with Gasteiger partial charge in [-0.25, -0.2) is 0 Å². The molecule has 1 fully saturated rings. The lowest BCUT2D eigenvalue weighted by molar-refractivity contribution is -0.384. The number of anilines is 1. The summed E-state index contributed by atoms with van der Waals surface area (Å²) < 4.78 is 0. The number of unbranched alkanes of at least 4 members (excludes halogenated alkanes) is 3. The van der Waals surface area contributed by atoms with Gasteiger partial charge in [0.25, 0.3) is 5.69 Å². The Balaban J connectivity index is 1.63. The van der Waals surface area contributed by atoms with Crippen LogP contribution in [0.1, 0.15) is 48.8 Å². The van der Waals surface area contributed by atoms with Gasteiger partial charge in [0.15, 0.2) is 5.78 Å². The Morgan fingerprint density at radius 1 is 0.867 bits per heavy atom. The van der Waals surface area contributed by atoms with Crippen molar-refractivity contribution in [3.8, 4) is 0 Å². The minimum Gasteiger partial charge on any atom is -0.399 e. The van der Waals surface area contributed by atoms with Gasteiger partial charge in [-0.2, -0.15) is 0 Å². The Labute approximate surface area is 262 Å². The highest BCUT2D eigenvalue weighted by Gasteiger charge is 2.33. The highest BCUT2D eigenvalue weighted by Crippen LogP contribution is 2.24. The van der Waals surface area contributed by atoms with Gasteiger partial charge in [-0.3, -0.25) is 24.5 Å². The number of amides is 2. The summed E-state index contributed by atoms with van der Waals surface area (Å²) in [6.45, 7) is 0.696. The molecule has 234 valence electrons. The van der Waals surface area contributed by atoms with Gasteiger partial charge in [-0.05, 0) is 72.5 Å². The van der Waals surface area contributed by atoms with Crippen molar-refractivity contribution in [1.29, 1.82) is 0 Å². The molecule has 0 saturated carbocycles. The second-order valence-corrected chi connectivity index (χ2v) is 11.1. The number of carbonyl (C=O) groups is 3. The Morgan fingerprint density at radius 2 is 1.44 bits per heavy atom. The quantitative estimate of drug-likeness (QED) is 0.0832. The third kappa shape index (κ3) is 9.70. The van der Waals surface area contributed by atoms with E-state index in [4.69, 9.17) is 11.5 Å². The van der Waals surface area contributed by atoms with Crippen LogP contribution in [0.25, 0.3) is 12.2 Å². The van der Waals surface area contributed by atoms with E-state index in [0.29, 0.717) is 48.2 Å². The van der Waals surface area contributed by atoms with Crippen LogP contribution in [0.2, 0.25) is 0 Å². The van der Waals surface area contributed by atoms with Crippen molar-refractivity contribution in [3.63, 3.8) is 0 Å². The van der Waals surface area contributed by atoms with Crippen LogP contribution in [-0.2, 0) is 20.8 Å². The summed E-state index contributed by atoms with van der Waals surface area (Å²) in [7, 11) is 0. The van der Waals surface area contributed by atoms with E-state index < -0.39 is 11.0 Å². The first-order valence-corrected chi connectivity index (χ1v) is 15.1. The minimum absolute atomic E-state index is 0.0218. The van der Waals surface area contributed by atoms with Crippen LogP contribution in [0.5, 0.6) is 0 Å². The molecule has 4 rings (SSSR count). The van der Waals surface area contributed by atoms with Gasteiger partial charge in [-0.15, -0.1) is 0 Å². The van der Waals surface area contributed by atoms with E-state index in [9.17, 15) is 24.5 Å². The van der Waals surface area contributed by atoms with E-state index in [0.717, 1.165) is 30.4 Å². The molecule has 3 aromatic rings. The van der Waals surface area contributed by atoms with Crippen molar-refractivity contribution in [2.24, 2.45) is 5.73 Å². The van der Waals surface area contributed by atoms with E-state index in [2.05, 4.69) is 5.32 Å². The third-order valence-electron chi connectivity index (χ3n) is 7.61. The van der Waals surface area contributed by atoms with Crippen LogP contribution in [0, 0.1) is 10.1 Å². The van der Waals surface area contributed by atoms with Crippen LogP contribution < -0.4 is 16.8 Å². The number of benzene rings is 3. The average molecular weight is 610 g/mol. The van der Waals surface area contributed by atoms with Gasteiger partial charge in [0.2, 0.25) is 11.8 Å². The zero-order valence-corrected chi connectivity index (χ0v) is 25.2. The normalized spacial score (nSPS) is 15.7. The fourth-order valence-electron chi connectivity index (χ4n) is 5.20. The molecule has 0 radical (unpaired) electrons. The molecule has 1 atom stereocenters. The molecule has 3 aromatic carbocycles. The molecule has 1 aliphatic heterocycles. The van der Waals surface area contributed by atoms with E-state index in [1.807, 2.05) is 30.3 Å². The first-order valence-electron chi connectivity index (χ1n) is 15.1. The van der Waals surface area contributed by atoms with Crippen LogP contribution in [0.3, 0.4) is 0 Å². The Bertz CT molecular complexity index is 1550. The number of hydrogen-bond acceptors (Lipinski definition) is 7. The van der Waals surface area contributed by atoms with Gasteiger partial charge in [0.1, 0.15) is 6.04 Å². The number of hydrogen-bond donors (Lipinski definition) is 3. The average Bonchev–Trinajstić information content (AvgIpc) is 3.04. The molecule has 45 heavy (non-hydrogen) atoms. The number of nitrogens with one attached hydrogen (secondary N) is 1. The molecule has 0 spiro atoms. The monoisotopic (exact) mass is 609 g/mol. The first-order chi connectivity index (χ1) is 21.7. The number of ketones is 1. The minimum atomic E-state index is -0.837. The van der Waals surface area contributed by atoms with Crippen molar-refractivity contribution >= 4 is 41.1 Å². The number of nitrogens with zero attached hydrogens (tertiary/aromatic N) is 2. The lowest BCUT2D eigenvalue weighted by atomic mass is 9.93. The fourth-order valence-corrected chi connectivity index (χ4v) is 5.20. The molecule has 2 amide bonds. The van der Waals surface area contributed by atoms with Gasteiger partial charge >= 0.3 is 0 Å². The number of nitro groups is 1. The van der Waals surface area contributed by atoms with Gasteiger partial charge < -0.3 is 21.7 Å². The summed E-state index contributed by atoms with van der Waals surface area (Å²) in [5, 5.41) is 14.1. The molecule has 10 heteroatoms. The summed E-state index contributed by atoms with van der Waals surface area (Å²) >= 11 is 0. The molecule has 0 bridgehead atoms. The zero-order valence-electron chi connectivity index (χ0n) is 25.2. The topological polar surface area (TPSA) is 162 Å². The molecule has 10 nitrogen and oxygen atoms in total. The molecule has 5 N–H and O–H groups in total. The highest BCUT2D eigenvalue weighted by molar-refractivity contribution is 6.15. The molecule has 0 aromatic heterocycles. The highest BCUT2D eigenvalue weighted by atomic mass is 16.6. The maximum Gasteiger partial charge on any atom is 0.269 e. The number of non-ortho nitro benzene ring substituents is 1. The predicted octanol–water partition coefficient (Wildman–Crippen LogP) is 4.69. The smallest absolute Gasteiger partial charge is 0.269 e. The number of nitro benzene ring substituents is 1. The first kappa shape index (κ1) is 32.8. The number of likely N-dealkylation sites (tertiary alicyclic amines) is 1. The Morgan fingerprint density at radius 3 is 2.02 bits per heavy atom. The Kier molecular flexibility index (Phi) is 11.8. The van der Waals surface area contributed by atoms with Crippen molar-refractivity contribution in [2.75, 3.05) is 25.4 Å². The zero-order chi connectivity index (χ0) is 32.2. The summed E-state index contributed by atoms with van der Waals surface area (Å²) in [4.78, 5) is 53.1. The van der Waals surface area contributed by atoms with Crippen molar-refractivity contribution in [3.05, 3.63) is 117 Å². The van der Waals surface area contributed by atoms with Crippen LogP contribution in [0.15, 0.2) is 90.0 Å².